The summed E-state index contributed by atoms with van der Waals surface area (Å²) in [7, 11) is 0. The minimum atomic E-state index is -1.30. The van der Waals surface area contributed by atoms with Crippen LogP contribution in [0.25, 0.3) is 0 Å². The zero-order chi connectivity index (χ0) is 23.3. The molecule has 0 fully saturated rings. The molecule has 4 amide bonds. The van der Waals surface area contributed by atoms with Crippen molar-refractivity contribution in [2.75, 3.05) is 12.3 Å². The van der Waals surface area contributed by atoms with E-state index in [2.05, 4.69) is 28.6 Å². The maximum absolute atomic E-state index is 12.7. The summed E-state index contributed by atoms with van der Waals surface area (Å²) in [6.07, 6.45) is 1.03. The molecule has 30 heavy (non-hydrogen) atoms. The van der Waals surface area contributed by atoms with E-state index in [9.17, 15) is 24.0 Å². The van der Waals surface area contributed by atoms with Gasteiger partial charge in [0.05, 0.1) is 6.04 Å². The summed E-state index contributed by atoms with van der Waals surface area (Å²) >= 11 is 3.86. The van der Waals surface area contributed by atoms with E-state index in [-0.39, 0.29) is 25.0 Å². The molecule has 12 nitrogen and oxygen atoms in total. The van der Waals surface area contributed by atoms with Gasteiger partial charge in [0.25, 0.3) is 0 Å². The van der Waals surface area contributed by atoms with Gasteiger partial charge in [0.1, 0.15) is 18.1 Å². The topological polar surface area (TPSA) is 220 Å². The van der Waals surface area contributed by atoms with Gasteiger partial charge in [-0.25, -0.2) is 4.79 Å². The number of hydrogen-bond donors (Lipinski definition) is 8. The van der Waals surface area contributed by atoms with Crippen molar-refractivity contribution >= 4 is 42.2 Å². The van der Waals surface area contributed by atoms with Crippen molar-refractivity contribution in [1.29, 1.82) is 0 Å². The summed E-state index contributed by atoms with van der Waals surface area (Å²) in [6.45, 7) is 1.86. The van der Waals surface area contributed by atoms with Gasteiger partial charge in [0.2, 0.25) is 23.6 Å². The Morgan fingerprint density at radius 2 is 1.40 bits per heavy atom. The van der Waals surface area contributed by atoms with Crippen LogP contribution in [-0.4, -0.2) is 71.2 Å². The van der Waals surface area contributed by atoms with Crippen LogP contribution in [0.2, 0.25) is 0 Å². The van der Waals surface area contributed by atoms with E-state index in [4.69, 9.17) is 22.3 Å². The van der Waals surface area contributed by atoms with E-state index >= 15 is 0 Å². The molecule has 4 unspecified atom stereocenters. The number of carboxylic acid groups (broad SMARTS) is 1. The maximum Gasteiger partial charge on any atom is 0.327 e. The second-order valence-electron chi connectivity index (χ2n) is 6.78. The molecular formula is C17H32N6O6S. The Kier molecular flexibility index (Phi) is 13.4. The molecule has 0 aliphatic heterocycles. The fraction of sp³-hybridized carbons (Fsp3) is 0.706. The number of carboxylic acids is 1. The maximum atomic E-state index is 12.7. The molecule has 0 saturated heterocycles. The van der Waals surface area contributed by atoms with Gasteiger partial charge in [0, 0.05) is 12.2 Å². The molecule has 0 aliphatic carbocycles. The molecule has 172 valence electrons. The van der Waals surface area contributed by atoms with Gasteiger partial charge in [-0.2, -0.15) is 12.6 Å². The molecule has 0 aromatic heterocycles. The Labute approximate surface area is 180 Å². The number of carbonyl (C=O) groups excluding carboxylic acids is 4. The number of thiol groups is 1. The SMILES string of the molecule is CC(N)C(=O)NC(CCCCN)C(=O)NC(CCC(N)=O)C(=O)NC(CS)C(=O)O. The molecule has 0 radical (unpaired) electrons. The summed E-state index contributed by atoms with van der Waals surface area (Å²) < 4.78 is 0. The van der Waals surface area contributed by atoms with Crippen molar-refractivity contribution in [1.82, 2.24) is 16.0 Å². The van der Waals surface area contributed by atoms with Crippen molar-refractivity contribution in [3.05, 3.63) is 0 Å². The van der Waals surface area contributed by atoms with Crippen LogP contribution in [0.1, 0.15) is 39.0 Å². The van der Waals surface area contributed by atoms with Crippen LogP contribution < -0.4 is 33.2 Å². The van der Waals surface area contributed by atoms with Crippen molar-refractivity contribution in [2.45, 2.75) is 63.2 Å². The number of aliphatic carboxylic acids is 1. The molecule has 0 aromatic rings. The largest absolute Gasteiger partial charge is 0.480 e. The van der Waals surface area contributed by atoms with Gasteiger partial charge in [-0.3, -0.25) is 19.2 Å². The summed E-state index contributed by atoms with van der Waals surface area (Å²) in [6, 6.07) is -4.36. The van der Waals surface area contributed by atoms with Crippen LogP contribution in [0.4, 0.5) is 0 Å². The standard InChI is InChI=1S/C17H32N6O6S/c1-9(19)14(25)21-10(4-2-3-7-18)15(26)22-11(5-6-13(20)24)16(27)23-12(8-30)17(28)29/h9-12,30H,2-8,18-19H2,1H3,(H2,20,24)(H,21,25)(H,22,26)(H,23,27)(H,28,29). The van der Waals surface area contributed by atoms with Crippen molar-refractivity contribution in [2.24, 2.45) is 17.2 Å². The second kappa shape index (κ2) is 14.6. The van der Waals surface area contributed by atoms with E-state index in [0.29, 0.717) is 19.4 Å². The number of nitrogens with one attached hydrogen (secondary N) is 3. The highest BCUT2D eigenvalue weighted by Crippen LogP contribution is 2.05. The lowest BCUT2D eigenvalue weighted by atomic mass is 10.1. The lowest BCUT2D eigenvalue weighted by Crippen LogP contribution is -2.57. The van der Waals surface area contributed by atoms with Crippen LogP contribution in [0.15, 0.2) is 0 Å². The number of hydrogen-bond acceptors (Lipinski definition) is 8. The highest BCUT2D eigenvalue weighted by molar-refractivity contribution is 7.80. The van der Waals surface area contributed by atoms with Gasteiger partial charge in [0.15, 0.2) is 0 Å². The summed E-state index contributed by atoms with van der Waals surface area (Å²) in [5.41, 5.74) is 16.1. The predicted molar refractivity (Wildman–Crippen MR) is 112 cm³/mol. The van der Waals surface area contributed by atoms with Gasteiger partial charge in [-0.1, -0.05) is 0 Å². The van der Waals surface area contributed by atoms with E-state index in [1.165, 1.54) is 6.92 Å². The molecular weight excluding hydrogens is 416 g/mol. The Balaban J connectivity index is 5.36. The molecule has 0 rings (SSSR count). The third kappa shape index (κ3) is 11.0. The van der Waals surface area contributed by atoms with Gasteiger partial charge in [-0.15, -0.1) is 0 Å². The van der Waals surface area contributed by atoms with Crippen LogP contribution >= 0.6 is 12.6 Å². The minimum absolute atomic E-state index is 0.150. The van der Waals surface area contributed by atoms with Crippen LogP contribution in [0, 0.1) is 0 Å². The summed E-state index contributed by atoms with van der Waals surface area (Å²) in [4.78, 5) is 59.4. The van der Waals surface area contributed by atoms with E-state index in [0.717, 1.165) is 0 Å². The van der Waals surface area contributed by atoms with E-state index in [1.807, 2.05) is 0 Å². The third-order valence-electron chi connectivity index (χ3n) is 4.10. The predicted octanol–water partition coefficient (Wildman–Crippen LogP) is -2.80. The molecule has 0 spiro atoms. The van der Waals surface area contributed by atoms with Crippen LogP contribution in [0.3, 0.4) is 0 Å². The second-order valence-corrected chi connectivity index (χ2v) is 7.15. The summed E-state index contributed by atoms with van der Waals surface area (Å²) in [5.74, 6) is -4.22. The average molecular weight is 449 g/mol. The van der Waals surface area contributed by atoms with Gasteiger partial charge in [-0.05, 0) is 39.2 Å². The Hall–Kier alpha value is -2.38. The van der Waals surface area contributed by atoms with E-state index < -0.39 is 53.8 Å². The first kappa shape index (κ1) is 27.6. The third-order valence-corrected chi connectivity index (χ3v) is 4.47. The van der Waals surface area contributed by atoms with Crippen molar-refractivity contribution in [3.63, 3.8) is 0 Å². The molecule has 13 heteroatoms. The fourth-order valence-corrected chi connectivity index (χ4v) is 2.60. The van der Waals surface area contributed by atoms with Gasteiger partial charge >= 0.3 is 5.97 Å². The highest BCUT2D eigenvalue weighted by Gasteiger charge is 2.29. The normalized spacial score (nSPS) is 14.7. The molecule has 0 bridgehead atoms. The fourth-order valence-electron chi connectivity index (χ4n) is 2.35. The zero-order valence-corrected chi connectivity index (χ0v) is 17.8. The Morgan fingerprint density at radius 3 is 1.83 bits per heavy atom. The number of amides is 4. The summed E-state index contributed by atoms with van der Waals surface area (Å²) in [5, 5.41) is 16.3. The minimum Gasteiger partial charge on any atom is -0.480 e. The monoisotopic (exact) mass is 448 g/mol. The first-order valence-corrected chi connectivity index (χ1v) is 10.1. The Morgan fingerprint density at radius 1 is 0.900 bits per heavy atom. The molecule has 0 heterocycles. The lowest BCUT2D eigenvalue weighted by Gasteiger charge is -2.24. The molecule has 0 aromatic carbocycles. The molecule has 4 atom stereocenters. The molecule has 10 N–H and O–H groups in total. The number of nitrogens with two attached hydrogens (primary N) is 3. The number of carbonyl (C=O) groups is 5. The molecule has 0 aliphatic rings. The van der Waals surface area contributed by atoms with Crippen molar-refractivity contribution in [3.8, 4) is 0 Å². The average Bonchev–Trinajstić information content (AvgIpc) is 2.67. The number of rotatable bonds is 15. The van der Waals surface area contributed by atoms with Crippen LogP contribution in [-0.2, 0) is 24.0 Å². The Bertz CT molecular complexity index is 618. The van der Waals surface area contributed by atoms with E-state index in [1.54, 1.807) is 0 Å². The number of primary amides is 1. The van der Waals surface area contributed by atoms with Crippen molar-refractivity contribution < 1.29 is 29.1 Å². The zero-order valence-electron chi connectivity index (χ0n) is 16.9. The van der Waals surface area contributed by atoms with Crippen LogP contribution in [0.5, 0.6) is 0 Å². The quantitative estimate of drug-likeness (QED) is 0.0963. The first-order valence-electron chi connectivity index (χ1n) is 9.52. The highest BCUT2D eigenvalue weighted by atomic mass is 32.1. The first-order chi connectivity index (χ1) is 14.0. The van der Waals surface area contributed by atoms with Gasteiger partial charge < -0.3 is 38.3 Å². The lowest BCUT2D eigenvalue weighted by molar-refractivity contribution is -0.141. The molecule has 0 saturated carbocycles. The smallest absolute Gasteiger partial charge is 0.327 e. The number of unbranched alkanes of at least 4 members (excludes halogenated alkanes) is 1.